The summed E-state index contributed by atoms with van der Waals surface area (Å²) in [5.74, 6) is 1.24. The lowest BCUT2D eigenvalue weighted by molar-refractivity contribution is -0.115. The molecule has 0 unspecified atom stereocenters. The number of fused-ring (bicyclic) bond motifs is 1. The molecule has 3 rings (SSSR count). The Morgan fingerprint density at radius 1 is 1.35 bits per heavy atom. The SMILES string of the molecule is COc1ccc(CC(=O)Nc2cccn3c(C)nnc23)c(Cl)c1. The molecule has 0 aliphatic rings. The predicted molar refractivity (Wildman–Crippen MR) is 88.1 cm³/mol. The molecule has 7 heteroatoms. The van der Waals surface area contributed by atoms with E-state index < -0.39 is 0 Å². The van der Waals surface area contributed by atoms with Gasteiger partial charge >= 0.3 is 0 Å². The molecular weight excluding hydrogens is 316 g/mol. The number of aromatic nitrogens is 3. The first-order valence-corrected chi connectivity index (χ1v) is 7.39. The van der Waals surface area contributed by atoms with Gasteiger partial charge in [-0.1, -0.05) is 17.7 Å². The van der Waals surface area contributed by atoms with Gasteiger partial charge in [-0.15, -0.1) is 10.2 Å². The van der Waals surface area contributed by atoms with Gasteiger partial charge in [-0.2, -0.15) is 0 Å². The molecule has 0 fully saturated rings. The van der Waals surface area contributed by atoms with E-state index in [1.807, 2.05) is 23.6 Å². The number of carbonyl (C=O) groups is 1. The number of rotatable bonds is 4. The number of ether oxygens (including phenoxy) is 1. The Morgan fingerprint density at radius 2 is 2.17 bits per heavy atom. The number of nitrogens with zero attached hydrogens (tertiary/aromatic N) is 3. The van der Waals surface area contributed by atoms with Crippen LogP contribution in [0.15, 0.2) is 36.5 Å². The standard InChI is InChI=1S/C16H15ClN4O2/c1-10-19-20-16-14(4-3-7-21(10)16)18-15(22)8-11-5-6-12(23-2)9-13(11)17/h3-7,9H,8H2,1-2H3,(H,18,22). The molecule has 0 atom stereocenters. The molecule has 2 aromatic heterocycles. The summed E-state index contributed by atoms with van der Waals surface area (Å²) in [7, 11) is 1.57. The van der Waals surface area contributed by atoms with Crippen molar-refractivity contribution >= 4 is 28.8 Å². The van der Waals surface area contributed by atoms with Crippen molar-refractivity contribution in [2.75, 3.05) is 12.4 Å². The van der Waals surface area contributed by atoms with E-state index in [1.54, 1.807) is 31.4 Å². The minimum absolute atomic E-state index is 0.164. The maximum atomic E-state index is 12.3. The highest BCUT2D eigenvalue weighted by Crippen LogP contribution is 2.23. The van der Waals surface area contributed by atoms with Crippen molar-refractivity contribution in [3.8, 4) is 5.75 Å². The number of anilines is 1. The number of nitrogens with one attached hydrogen (secondary N) is 1. The largest absolute Gasteiger partial charge is 0.497 e. The highest BCUT2D eigenvalue weighted by Gasteiger charge is 2.12. The molecule has 3 aromatic rings. The summed E-state index contributed by atoms with van der Waals surface area (Å²) in [4.78, 5) is 12.3. The number of carbonyl (C=O) groups excluding carboxylic acids is 1. The molecule has 1 aromatic carbocycles. The Bertz CT molecular complexity index is 876. The summed E-state index contributed by atoms with van der Waals surface area (Å²) in [5, 5.41) is 11.4. The van der Waals surface area contributed by atoms with Gasteiger partial charge in [-0.25, -0.2) is 0 Å². The number of methoxy groups -OCH3 is 1. The van der Waals surface area contributed by atoms with Crippen molar-refractivity contribution in [2.45, 2.75) is 13.3 Å². The topological polar surface area (TPSA) is 68.5 Å². The third-order valence-electron chi connectivity index (χ3n) is 3.49. The zero-order chi connectivity index (χ0) is 16.4. The zero-order valence-electron chi connectivity index (χ0n) is 12.7. The predicted octanol–water partition coefficient (Wildman–Crippen LogP) is 2.88. The van der Waals surface area contributed by atoms with Crippen LogP contribution in [0.3, 0.4) is 0 Å². The van der Waals surface area contributed by atoms with Crippen LogP contribution in [0.2, 0.25) is 5.02 Å². The Morgan fingerprint density at radius 3 is 2.91 bits per heavy atom. The number of amides is 1. The third kappa shape index (κ3) is 3.12. The second-order valence-corrected chi connectivity index (χ2v) is 5.45. The third-order valence-corrected chi connectivity index (χ3v) is 3.84. The van der Waals surface area contributed by atoms with E-state index in [1.165, 1.54) is 0 Å². The summed E-state index contributed by atoms with van der Waals surface area (Å²) >= 11 is 6.17. The Kier molecular flexibility index (Phi) is 4.16. The van der Waals surface area contributed by atoms with Crippen LogP contribution in [0.5, 0.6) is 5.75 Å². The fourth-order valence-corrected chi connectivity index (χ4v) is 2.53. The summed E-state index contributed by atoms with van der Waals surface area (Å²) in [5.41, 5.74) is 1.96. The number of halogens is 1. The molecule has 0 saturated carbocycles. The number of hydrogen-bond donors (Lipinski definition) is 1. The first-order chi connectivity index (χ1) is 11.1. The van der Waals surface area contributed by atoms with Crippen LogP contribution in [0.25, 0.3) is 5.65 Å². The smallest absolute Gasteiger partial charge is 0.228 e. The minimum atomic E-state index is -0.175. The van der Waals surface area contributed by atoms with Gasteiger partial charge in [0.2, 0.25) is 5.91 Å². The molecule has 0 spiro atoms. The van der Waals surface area contributed by atoms with Gasteiger partial charge in [-0.3, -0.25) is 9.20 Å². The number of hydrogen-bond acceptors (Lipinski definition) is 4. The van der Waals surface area contributed by atoms with Gasteiger partial charge < -0.3 is 10.1 Å². The minimum Gasteiger partial charge on any atom is -0.497 e. The van der Waals surface area contributed by atoms with Gasteiger partial charge in [0, 0.05) is 11.2 Å². The molecule has 6 nitrogen and oxygen atoms in total. The average molecular weight is 331 g/mol. The molecule has 0 aliphatic carbocycles. The van der Waals surface area contributed by atoms with Crippen LogP contribution in [0.1, 0.15) is 11.4 Å². The second-order valence-electron chi connectivity index (χ2n) is 5.04. The molecule has 1 N–H and O–H groups in total. The van der Waals surface area contributed by atoms with E-state index in [0.29, 0.717) is 22.1 Å². The van der Waals surface area contributed by atoms with E-state index in [-0.39, 0.29) is 12.3 Å². The highest BCUT2D eigenvalue weighted by atomic mass is 35.5. The fourth-order valence-electron chi connectivity index (χ4n) is 2.29. The van der Waals surface area contributed by atoms with Crippen molar-refractivity contribution in [2.24, 2.45) is 0 Å². The van der Waals surface area contributed by atoms with Crippen LogP contribution in [0, 0.1) is 6.92 Å². The highest BCUT2D eigenvalue weighted by molar-refractivity contribution is 6.31. The van der Waals surface area contributed by atoms with Gasteiger partial charge in [0.15, 0.2) is 5.65 Å². The van der Waals surface area contributed by atoms with Gasteiger partial charge in [0.1, 0.15) is 11.6 Å². The molecule has 0 bridgehead atoms. The molecule has 23 heavy (non-hydrogen) atoms. The van der Waals surface area contributed by atoms with Gasteiger partial charge in [0.05, 0.1) is 19.2 Å². The van der Waals surface area contributed by atoms with Crippen LogP contribution in [0.4, 0.5) is 5.69 Å². The normalized spacial score (nSPS) is 10.7. The summed E-state index contributed by atoms with van der Waals surface area (Å²) in [6, 6.07) is 8.86. The molecule has 0 aliphatic heterocycles. The van der Waals surface area contributed by atoms with Crippen LogP contribution in [-0.4, -0.2) is 27.6 Å². The van der Waals surface area contributed by atoms with E-state index in [4.69, 9.17) is 16.3 Å². The Balaban J connectivity index is 1.79. The first-order valence-electron chi connectivity index (χ1n) is 7.01. The molecule has 118 valence electrons. The fraction of sp³-hybridized carbons (Fsp3) is 0.188. The summed E-state index contributed by atoms with van der Waals surface area (Å²) < 4.78 is 6.91. The van der Waals surface area contributed by atoms with E-state index in [9.17, 15) is 4.79 Å². The molecule has 0 radical (unpaired) electrons. The average Bonchev–Trinajstić information content (AvgIpc) is 2.92. The Hall–Kier alpha value is -2.60. The van der Waals surface area contributed by atoms with Crippen LogP contribution < -0.4 is 10.1 Å². The number of aryl methyl sites for hydroxylation is 1. The summed E-state index contributed by atoms with van der Waals surface area (Å²) in [6.45, 7) is 1.85. The summed E-state index contributed by atoms with van der Waals surface area (Å²) in [6.07, 6.45) is 2.01. The van der Waals surface area contributed by atoms with Crippen LogP contribution in [-0.2, 0) is 11.2 Å². The Labute approximate surface area is 138 Å². The number of pyridine rings is 1. The molecule has 2 heterocycles. The van der Waals surface area contributed by atoms with Crippen molar-refractivity contribution < 1.29 is 9.53 Å². The zero-order valence-corrected chi connectivity index (χ0v) is 13.5. The van der Waals surface area contributed by atoms with E-state index in [2.05, 4.69) is 15.5 Å². The van der Waals surface area contributed by atoms with Crippen molar-refractivity contribution in [1.82, 2.24) is 14.6 Å². The van der Waals surface area contributed by atoms with Crippen LogP contribution >= 0.6 is 11.6 Å². The van der Waals surface area contributed by atoms with Gasteiger partial charge in [-0.05, 0) is 36.8 Å². The first kappa shape index (κ1) is 15.3. The lowest BCUT2D eigenvalue weighted by atomic mass is 10.1. The maximum Gasteiger partial charge on any atom is 0.228 e. The monoisotopic (exact) mass is 330 g/mol. The van der Waals surface area contributed by atoms with Crippen molar-refractivity contribution in [3.05, 3.63) is 52.9 Å². The second kappa shape index (κ2) is 6.26. The van der Waals surface area contributed by atoms with E-state index in [0.717, 1.165) is 11.4 Å². The maximum absolute atomic E-state index is 12.3. The van der Waals surface area contributed by atoms with Crippen molar-refractivity contribution in [1.29, 1.82) is 0 Å². The molecule has 0 saturated heterocycles. The quantitative estimate of drug-likeness (QED) is 0.798. The van der Waals surface area contributed by atoms with Crippen molar-refractivity contribution in [3.63, 3.8) is 0 Å². The lowest BCUT2D eigenvalue weighted by Crippen LogP contribution is -2.15. The molecular formula is C16H15ClN4O2. The number of benzene rings is 1. The molecule has 1 amide bonds. The lowest BCUT2D eigenvalue weighted by Gasteiger charge is -2.08. The van der Waals surface area contributed by atoms with E-state index >= 15 is 0 Å². The van der Waals surface area contributed by atoms with Gasteiger partial charge in [0.25, 0.3) is 0 Å².